The normalized spacial score (nSPS) is 11.0. The molecule has 0 saturated heterocycles. The molecule has 3 heterocycles. The van der Waals surface area contributed by atoms with Gasteiger partial charge in [0.25, 0.3) is 0 Å². The molecule has 0 aliphatic rings. The highest BCUT2D eigenvalue weighted by atomic mass is 32.1. The number of thiophene rings is 2. The van der Waals surface area contributed by atoms with E-state index in [2.05, 4.69) is 45.3 Å². The number of nitrogens with one attached hydrogen (secondary N) is 1. The van der Waals surface area contributed by atoms with Gasteiger partial charge in [0, 0.05) is 9.75 Å². The van der Waals surface area contributed by atoms with Crippen molar-refractivity contribution in [3.05, 3.63) is 44.2 Å². The van der Waals surface area contributed by atoms with Crippen LogP contribution in [0.1, 0.15) is 16.7 Å². The van der Waals surface area contributed by atoms with E-state index in [1.807, 2.05) is 17.4 Å². The summed E-state index contributed by atoms with van der Waals surface area (Å²) in [6, 6.07) is 8.46. The van der Waals surface area contributed by atoms with E-state index in [0.717, 1.165) is 23.7 Å². The molecule has 0 aliphatic carbocycles. The summed E-state index contributed by atoms with van der Waals surface area (Å²) in [4.78, 5) is 3.86. The molecule has 0 radical (unpaired) electrons. The van der Waals surface area contributed by atoms with Crippen molar-refractivity contribution in [2.75, 3.05) is 0 Å². The van der Waals surface area contributed by atoms with Crippen LogP contribution in [0.4, 0.5) is 0 Å². The van der Waals surface area contributed by atoms with Gasteiger partial charge in [-0.05, 0) is 42.2 Å². The minimum absolute atomic E-state index is 0.676. The van der Waals surface area contributed by atoms with Crippen LogP contribution in [0.5, 0.6) is 0 Å². The summed E-state index contributed by atoms with van der Waals surface area (Å²) in [5, 5.41) is 9.29. The predicted molar refractivity (Wildman–Crippen MR) is 83.5 cm³/mol. The van der Waals surface area contributed by atoms with Gasteiger partial charge in [0.05, 0.1) is 11.4 Å². The molecule has 3 rings (SSSR count). The van der Waals surface area contributed by atoms with E-state index in [-0.39, 0.29) is 0 Å². The van der Waals surface area contributed by atoms with E-state index in [4.69, 9.17) is 12.2 Å². The number of aromatic amines is 1. The molecule has 3 aromatic rings. The number of aromatic nitrogens is 3. The lowest BCUT2D eigenvalue weighted by atomic mass is 10.3. The Morgan fingerprint density at radius 1 is 1.32 bits per heavy atom. The SMILES string of the molecule is CCc1ccc(Cn2c(-c3cccs3)n[nH]c2=S)s1. The highest BCUT2D eigenvalue weighted by Crippen LogP contribution is 2.25. The van der Waals surface area contributed by atoms with Crippen LogP contribution in [0.2, 0.25) is 0 Å². The number of aryl methyl sites for hydroxylation is 1. The molecular weight excluding hydrogens is 294 g/mol. The molecule has 3 aromatic heterocycles. The first-order chi connectivity index (χ1) is 9.28. The second-order valence-corrected chi connectivity index (χ2v) is 6.72. The Balaban J connectivity index is 1.96. The molecular formula is C13H13N3S3. The fourth-order valence-electron chi connectivity index (χ4n) is 1.91. The van der Waals surface area contributed by atoms with Crippen LogP contribution in [0.15, 0.2) is 29.6 Å². The van der Waals surface area contributed by atoms with Crippen molar-refractivity contribution in [3.63, 3.8) is 0 Å². The van der Waals surface area contributed by atoms with Gasteiger partial charge in [0.15, 0.2) is 10.6 Å². The molecule has 6 heteroatoms. The van der Waals surface area contributed by atoms with E-state index in [0.29, 0.717) is 4.77 Å². The van der Waals surface area contributed by atoms with Crippen molar-refractivity contribution in [3.8, 4) is 10.7 Å². The van der Waals surface area contributed by atoms with Crippen LogP contribution in [-0.2, 0) is 13.0 Å². The topological polar surface area (TPSA) is 33.6 Å². The molecule has 0 saturated carbocycles. The van der Waals surface area contributed by atoms with E-state index in [1.54, 1.807) is 11.3 Å². The number of hydrogen-bond acceptors (Lipinski definition) is 4. The summed E-state index contributed by atoms with van der Waals surface area (Å²) < 4.78 is 2.74. The zero-order valence-electron chi connectivity index (χ0n) is 10.4. The second-order valence-electron chi connectivity index (χ2n) is 4.14. The molecule has 0 bridgehead atoms. The predicted octanol–water partition coefficient (Wildman–Crippen LogP) is 4.34. The smallest absolute Gasteiger partial charge is 0.195 e. The minimum atomic E-state index is 0.676. The standard InChI is InChI=1S/C13H13N3S3/c1-2-9-5-6-10(19-9)8-16-12(14-15-13(16)17)11-4-3-7-18-11/h3-7H,2,8H2,1H3,(H,15,17). The Kier molecular flexibility index (Phi) is 3.63. The monoisotopic (exact) mass is 307 g/mol. The van der Waals surface area contributed by atoms with Crippen molar-refractivity contribution in [1.82, 2.24) is 14.8 Å². The summed E-state index contributed by atoms with van der Waals surface area (Å²) in [6.45, 7) is 2.96. The van der Waals surface area contributed by atoms with Gasteiger partial charge < -0.3 is 0 Å². The summed E-state index contributed by atoms with van der Waals surface area (Å²) in [7, 11) is 0. The molecule has 0 atom stereocenters. The molecule has 0 aliphatic heterocycles. The fourth-order valence-corrected chi connectivity index (χ4v) is 3.78. The van der Waals surface area contributed by atoms with Crippen molar-refractivity contribution in [2.24, 2.45) is 0 Å². The van der Waals surface area contributed by atoms with Gasteiger partial charge in [0.2, 0.25) is 0 Å². The summed E-state index contributed by atoms with van der Waals surface area (Å²) >= 11 is 8.85. The molecule has 0 fully saturated rings. The third-order valence-electron chi connectivity index (χ3n) is 2.88. The first-order valence-corrected chi connectivity index (χ1v) is 8.15. The molecule has 98 valence electrons. The van der Waals surface area contributed by atoms with Crippen molar-refractivity contribution in [1.29, 1.82) is 0 Å². The van der Waals surface area contributed by atoms with Gasteiger partial charge in [-0.2, -0.15) is 5.10 Å². The quantitative estimate of drug-likeness (QED) is 0.727. The average Bonchev–Trinajstić information content (AvgIpc) is 3.12. The van der Waals surface area contributed by atoms with Crippen molar-refractivity contribution < 1.29 is 0 Å². The van der Waals surface area contributed by atoms with Crippen LogP contribution >= 0.6 is 34.9 Å². The zero-order chi connectivity index (χ0) is 13.2. The maximum atomic E-state index is 5.34. The largest absolute Gasteiger partial charge is 0.294 e. The van der Waals surface area contributed by atoms with Gasteiger partial charge in [-0.25, -0.2) is 0 Å². The lowest BCUT2D eigenvalue weighted by Crippen LogP contribution is -2.00. The van der Waals surface area contributed by atoms with Gasteiger partial charge in [0.1, 0.15) is 0 Å². The Labute approximate surface area is 124 Å². The lowest BCUT2D eigenvalue weighted by Gasteiger charge is -2.03. The minimum Gasteiger partial charge on any atom is -0.294 e. The van der Waals surface area contributed by atoms with Gasteiger partial charge in [-0.15, -0.1) is 22.7 Å². The first-order valence-electron chi connectivity index (χ1n) is 6.04. The summed E-state index contributed by atoms with van der Waals surface area (Å²) in [6.07, 6.45) is 1.08. The maximum absolute atomic E-state index is 5.34. The Hall–Kier alpha value is -1.24. The van der Waals surface area contributed by atoms with Crippen LogP contribution in [0, 0.1) is 4.77 Å². The van der Waals surface area contributed by atoms with Crippen molar-refractivity contribution >= 4 is 34.9 Å². The first kappa shape index (κ1) is 12.8. The Bertz CT molecular complexity index is 718. The lowest BCUT2D eigenvalue weighted by molar-refractivity contribution is 0.804. The van der Waals surface area contributed by atoms with Crippen LogP contribution in [0.3, 0.4) is 0 Å². The molecule has 0 spiro atoms. The number of H-pyrrole nitrogens is 1. The van der Waals surface area contributed by atoms with Crippen LogP contribution in [-0.4, -0.2) is 14.8 Å². The highest BCUT2D eigenvalue weighted by molar-refractivity contribution is 7.71. The van der Waals surface area contributed by atoms with Crippen molar-refractivity contribution in [2.45, 2.75) is 19.9 Å². The highest BCUT2D eigenvalue weighted by Gasteiger charge is 2.11. The van der Waals surface area contributed by atoms with Crippen LogP contribution in [0.25, 0.3) is 10.7 Å². The molecule has 0 aromatic carbocycles. The molecule has 3 nitrogen and oxygen atoms in total. The maximum Gasteiger partial charge on any atom is 0.195 e. The Morgan fingerprint density at radius 3 is 2.84 bits per heavy atom. The third-order valence-corrected chi connectivity index (χ3v) is 5.27. The molecule has 0 amide bonds. The third kappa shape index (κ3) is 2.56. The second kappa shape index (κ2) is 5.40. The number of rotatable bonds is 4. The van der Waals surface area contributed by atoms with E-state index in [9.17, 15) is 0 Å². The van der Waals surface area contributed by atoms with Gasteiger partial charge in [-0.1, -0.05) is 13.0 Å². The number of nitrogens with zero attached hydrogens (tertiary/aromatic N) is 2. The van der Waals surface area contributed by atoms with E-state index < -0.39 is 0 Å². The summed E-state index contributed by atoms with van der Waals surface area (Å²) in [5.74, 6) is 0.923. The van der Waals surface area contributed by atoms with Gasteiger partial charge in [-0.3, -0.25) is 9.67 Å². The molecule has 1 N–H and O–H groups in total. The zero-order valence-corrected chi connectivity index (χ0v) is 12.9. The van der Waals surface area contributed by atoms with Crippen LogP contribution < -0.4 is 0 Å². The van der Waals surface area contributed by atoms with E-state index in [1.165, 1.54) is 9.75 Å². The van der Waals surface area contributed by atoms with E-state index >= 15 is 0 Å². The average molecular weight is 307 g/mol. The fraction of sp³-hybridized carbons (Fsp3) is 0.231. The molecule has 19 heavy (non-hydrogen) atoms. The molecule has 0 unspecified atom stereocenters. The number of hydrogen-bond donors (Lipinski definition) is 1. The Morgan fingerprint density at radius 2 is 2.16 bits per heavy atom. The van der Waals surface area contributed by atoms with Gasteiger partial charge >= 0.3 is 0 Å². The summed E-state index contributed by atoms with van der Waals surface area (Å²) in [5.41, 5.74) is 0.